The molecule has 3 atom stereocenters. The number of esters is 1. The van der Waals surface area contributed by atoms with E-state index in [0.29, 0.717) is 15.8 Å². The van der Waals surface area contributed by atoms with Gasteiger partial charge in [-0.3, -0.25) is 19.5 Å². The van der Waals surface area contributed by atoms with E-state index in [4.69, 9.17) is 9.72 Å². The number of β-lactam (4-membered cyclic amide) rings is 1. The number of fused-ring (bicyclic) bond motifs is 1. The van der Waals surface area contributed by atoms with Crippen molar-refractivity contribution in [2.75, 3.05) is 11.1 Å². The smallest absolute Gasteiger partial charge is 0.356 e. The highest BCUT2D eigenvalue weighted by atomic mass is 32.2. The lowest BCUT2D eigenvalue weighted by molar-refractivity contribution is -0.156. The average Bonchev–Trinajstić information content (AvgIpc) is 3.85. The molecule has 324 valence electrons. The molecule has 9 rings (SSSR count). The number of hydrogen-bond acceptors (Lipinski definition) is 11. The van der Waals surface area contributed by atoms with Crippen molar-refractivity contribution in [2.45, 2.75) is 35.6 Å². The number of pyridine rings is 1. The molecule has 0 aliphatic carbocycles. The molecule has 10 nitrogen and oxygen atoms in total. The fourth-order valence-corrected chi connectivity index (χ4v) is 11.2. The van der Waals surface area contributed by atoms with Crippen LogP contribution < -0.4 is 10.6 Å². The van der Waals surface area contributed by atoms with Gasteiger partial charge >= 0.3 is 5.97 Å². The van der Waals surface area contributed by atoms with Gasteiger partial charge in [0.15, 0.2) is 16.8 Å². The largest absolute Gasteiger partial charge is 0.448 e. The van der Waals surface area contributed by atoms with E-state index >= 15 is 0 Å². The zero-order chi connectivity index (χ0) is 44.8. The first-order valence-corrected chi connectivity index (χ1v) is 23.7. The number of anilines is 1. The second-order valence-corrected chi connectivity index (χ2v) is 18.5. The SMILES string of the molecule is CC(O)(C(=O)NC1C(=O)N2C(C(=O)OC(c3ccccc3)c3ccccc3)=C(S/C=C\c3cccnc3)CS[C@H]12)c1csc(NC(c2ccccc2)(c2ccccc2)c2ccccc2)n1. The Bertz CT molecular complexity index is 2690. The quantitative estimate of drug-likeness (QED) is 0.0519. The van der Waals surface area contributed by atoms with Gasteiger partial charge in [-0.1, -0.05) is 169 Å². The van der Waals surface area contributed by atoms with Crippen LogP contribution in [-0.2, 0) is 30.3 Å². The Kier molecular flexibility index (Phi) is 12.8. The summed E-state index contributed by atoms with van der Waals surface area (Å²) in [6.07, 6.45) is 4.56. The van der Waals surface area contributed by atoms with Crippen molar-refractivity contribution in [2.24, 2.45) is 0 Å². The third kappa shape index (κ3) is 8.88. The van der Waals surface area contributed by atoms with Crippen molar-refractivity contribution < 1.29 is 24.2 Å². The molecule has 0 saturated carbocycles. The second-order valence-electron chi connectivity index (χ2n) is 15.5. The fourth-order valence-electron chi connectivity index (χ4n) is 7.98. The Morgan fingerprint density at radius 3 is 1.91 bits per heavy atom. The molecule has 1 fully saturated rings. The summed E-state index contributed by atoms with van der Waals surface area (Å²) in [5, 5.41) is 21.8. The number of carbonyl (C=O) groups is 3. The van der Waals surface area contributed by atoms with Crippen LogP contribution in [-0.4, -0.2) is 54.9 Å². The molecule has 7 aromatic rings. The van der Waals surface area contributed by atoms with Gasteiger partial charge in [-0.2, -0.15) is 0 Å². The number of thiazole rings is 1. The Morgan fingerprint density at radius 2 is 1.37 bits per heavy atom. The number of aromatic nitrogens is 2. The molecule has 2 aliphatic heterocycles. The maximum Gasteiger partial charge on any atom is 0.356 e. The van der Waals surface area contributed by atoms with Crippen LogP contribution in [0.4, 0.5) is 5.13 Å². The van der Waals surface area contributed by atoms with E-state index in [-0.39, 0.29) is 11.4 Å². The van der Waals surface area contributed by atoms with Gasteiger partial charge in [-0.15, -0.1) is 23.1 Å². The van der Waals surface area contributed by atoms with Crippen LogP contribution in [0.1, 0.15) is 52.1 Å². The number of benzene rings is 5. The first-order valence-electron chi connectivity index (χ1n) is 20.9. The highest BCUT2D eigenvalue weighted by molar-refractivity contribution is 8.08. The van der Waals surface area contributed by atoms with E-state index in [9.17, 15) is 19.5 Å². The summed E-state index contributed by atoms with van der Waals surface area (Å²) in [5.41, 5.74) is 2.54. The first-order chi connectivity index (χ1) is 31.7. The van der Waals surface area contributed by atoms with Gasteiger partial charge in [0.2, 0.25) is 0 Å². The molecule has 1 saturated heterocycles. The zero-order valence-electron chi connectivity index (χ0n) is 35.1. The summed E-state index contributed by atoms with van der Waals surface area (Å²) in [6, 6.07) is 51.8. The number of aliphatic hydroxyl groups is 1. The van der Waals surface area contributed by atoms with Gasteiger partial charge in [-0.05, 0) is 57.9 Å². The molecule has 13 heteroatoms. The minimum Gasteiger partial charge on any atom is -0.448 e. The lowest BCUT2D eigenvalue weighted by atomic mass is 9.77. The van der Waals surface area contributed by atoms with Crippen molar-refractivity contribution in [3.63, 3.8) is 0 Å². The summed E-state index contributed by atoms with van der Waals surface area (Å²) in [5.74, 6) is -1.61. The topological polar surface area (TPSA) is 134 Å². The molecule has 2 unspecified atom stereocenters. The van der Waals surface area contributed by atoms with Crippen LogP contribution in [0.25, 0.3) is 6.08 Å². The predicted molar refractivity (Wildman–Crippen MR) is 258 cm³/mol. The summed E-state index contributed by atoms with van der Waals surface area (Å²) >= 11 is 4.00. The first kappa shape index (κ1) is 43.5. The second kappa shape index (κ2) is 19.1. The van der Waals surface area contributed by atoms with Crippen LogP contribution in [0, 0.1) is 0 Å². The number of carbonyl (C=O) groups excluding carboxylic acids is 3. The van der Waals surface area contributed by atoms with Crippen molar-refractivity contribution >= 4 is 63.9 Å². The molecule has 0 bridgehead atoms. The number of rotatable bonds is 15. The maximum atomic E-state index is 14.5. The van der Waals surface area contributed by atoms with Crippen molar-refractivity contribution in [3.05, 3.63) is 237 Å². The standard InChI is InChI=1S/C52H43N5O5S3/c1-51(61,42-34-65-50(54-42)56-52(38-23-11-4-12-24-38,39-25-13-5-14-26-39)40-27-15-6-16-28-40)49(60)55-43-46(58)57-44(41(33-64-47(43)57)63-31-29-35-18-17-30-53-32-35)48(59)62-45(36-19-7-2-8-20-36)37-21-9-3-10-22-37/h2-32,34,43,45,47,61H,33H2,1H3,(H,54,56)(H,55,60)/b31-29-/t43?,47-,51?/m1/s1. The van der Waals surface area contributed by atoms with Gasteiger partial charge in [0.1, 0.15) is 22.7 Å². The van der Waals surface area contributed by atoms with Crippen LogP contribution in [0.5, 0.6) is 0 Å². The van der Waals surface area contributed by atoms with E-state index in [1.165, 1.54) is 46.7 Å². The molecule has 3 N–H and O–H groups in total. The number of nitrogens with one attached hydrogen (secondary N) is 2. The minimum atomic E-state index is -2.13. The predicted octanol–water partition coefficient (Wildman–Crippen LogP) is 9.50. The van der Waals surface area contributed by atoms with E-state index in [2.05, 4.69) is 52.0 Å². The van der Waals surface area contributed by atoms with E-state index in [0.717, 1.165) is 33.4 Å². The van der Waals surface area contributed by atoms with E-state index < -0.39 is 46.4 Å². The highest BCUT2D eigenvalue weighted by Gasteiger charge is 2.56. The van der Waals surface area contributed by atoms with Crippen LogP contribution in [0.3, 0.4) is 0 Å². The van der Waals surface area contributed by atoms with E-state index in [1.54, 1.807) is 17.8 Å². The summed E-state index contributed by atoms with van der Waals surface area (Å²) in [4.78, 5) is 53.9. The molecule has 65 heavy (non-hydrogen) atoms. The molecule has 4 heterocycles. The minimum absolute atomic E-state index is 0.113. The molecule has 5 aromatic carbocycles. The molecule has 0 spiro atoms. The molecule has 2 aliphatic rings. The monoisotopic (exact) mass is 913 g/mol. The average molecular weight is 914 g/mol. The Morgan fingerprint density at radius 1 is 0.815 bits per heavy atom. The summed E-state index contributed by atoms with van der Waals surface area (Å²) in [6.45, 7) is 1.37. The van der Waals surface area contributed by atoms with Gasteiger partial charge in [0, 0.05) is 28.4 Å². The van der Waals surface area contributed by atoms with Gasteiger partial charge < -0.3 is 20.5 Å². The van der Waals surface area contributed by atoms with E-state index in [1.807, 2.05) is 139 Å². The molecule has 2 amide bonds. The Labute approximate surface area is 389 Å². The van der Waals surface area contributed by atoms with Crippen LogP contribution >= 0.6 is 34.9 Å². The molecular formula is C52H43N5O5S3. The molecule has 0 radical (unpaired) electrons. The number of amides is 2. The van der Waals surface area contributed by atoms with Gasteiger partial charge in [0.25, 0.3) is 11.8 Å². The van der Waals surface area contributed by atoms with Gasteiger partial charge in [-0.25, -0.2) is 9.78 Å². The Balaban J connectivity index is 0.972. The normalized spacial score (nSPS) is 17.0. The zero-order valence-corrected chi connectivity index (χ0v) is 37.5. The van der Waals surface area contributed by atoms with Crippen LogP contribution in [0.15, 0.2) is 198 Å². The van der Waals surface area contributed by atoms with Crippen LogP contribution in [0.2, 0.25) is 0 Å². The third-order valence-corrected chi connectivity index (χ3v) is 14.5. The lowest BCUT2D eigenvalue weighted by Gasteiger charge is -2.50. The van der Waals surface area contributed by atoms with Crippen molar-refractivity contribution in [1.82, 2.24) is 20.2 Å². The highest BCUT2D eigenvalue weighted by Crippen LogP contribution is 2.46. The Hall–Kier alpha value is -6.77. The number of ether oxygens (including phenoxy) is 1. The fraction of sp³-hybridized carbons (Fsp3) is 0.135. The maximum absolute atomic E-state index is 14.5. The lowest BCUT2D eigenvalue weighted by Crippen LogP contribution is -2.71. The summed E-state index contributed by atoms with van der Waals surface area (Å²) in [7, 11) is 0. The third-order valence-electron chi connectivity index (χ3n) is 11.4. The number of hydrogen-bond donors (Lipinski definition) is 3. The van der Waals surface area contributed by atoms with Crippen molar-refractivity contribution in [3.8, 4) is 0 Å². The van der Waals surface area contributed by atoms with Crippen molar-refractivity contribution in [1.29, 1.82) is 0 Å². The molecule has 2 aromatic heterocycles. The van der Waals surface area contributed by atoms with Gasteiger partial charge in [0.05, 0.1) is 5.69 Å². The number of nitrogens with zero attached hydrogens (tertiary/aromatic N) is 3. The molecular weight excluding hydrogens is 871 g/mol. The number of thioether (sulfide) groups is 2. The summed E-state index contributed by atoms with van der Waals surface area (Å²) < 4.78 is 6.32.